The molecule has 18 heavy (non-hydrogen) atoms. The van der Waals surface area contributed by atoms with Crippen LogP contribution in [0.25, 0.3) is 11.2 Å². The Hall–Kier alpha value is -1.77. The van der Waals surface area contributed by atoms with E-state index in [0.29, 0.717) is 11.2 Å². The van der Waals surface area contributed by atoms with Gasteiger partial charge in [0.05, 0.1) is 12.4 Å². The molecule has 0 spiro atoms. The first kappa shape index (κ1) is 11.3. The van der Waals surface area contributed by atoms with E-state index in [0.717, 1.165) is 0 Å². The quantitative estimate of drug-likeness (QED) is 0.597. The molecule has 1 fully saturated rings. The number of anilines is 1. The third-order valence-corrected chi connectivity index (χ3v) is 3.14. The summed E-state index contributed by atoms with van der Waals surface area (Å²) in [5.41, 5.74) is 6.59. The zero-order valence-corrected chi connectivity index (χ0v) is 9.63. The summed E-state index contributed by atoms with van der Waals surface area (Å²) < 4.78 is 7.05. The smallest absolute Gasteiger partial charge is 0.167 e. The minimum atomic E-state index is -1.03. The highest BCUT2D eigenvalue weighted by molar-refractivity contribution is 5.81. The van der Waals surface area contributed by atoms with Crippen LogP contribution in [0.3, 0.4) is 0 Å². The van der Waals surface area contributed by atoms with Crippen LogP contribution in [0.1, 0.15) is 13.2 Å². The van der Waals surface area contributed by atoms with Gasteiger partial charge >= 0.3 is 0 Å². The molecule has 8 heteroatoms. The number of hydrogen-bond acceptors (Lipinski definition) is 7. The Morgan fingerprint density at radius 3 is 2.72 bits per heavy atom. The van der Waals surface area contributed by atoms with E-state index in [2.05, 4.69) is 15.0 Å². The molecule has 0 amide bonds. The van der Waals surface area contributed by atoms with Gasteiger partial charge in [-0.3, -0.25) is 4.57 Å². The maximum Gasteiger partial charge on any atom is 0.167 e. The first-order chi connectivity index (χ1) is 8.59. The molecule has 1 aliphatic heterocycles. The lowest BCUT2D eigenvalue weighted by Crippen LogP contribution is -2.30. The number of hydrogen-bond donors (Lipinski definition) is 3. The van der Waals surface area contributed by atoms with Crippen molar-refractivity contribution in [1.82, 2.24) is 19.5 Å². The topological polar surface area (TPSA) is 119 Å². The molecule has 4 N–H and O–H groups in total. The van der Waals surface area contributed by atoms with Gasteiger partial charge < -0.3 is 20.7 Å². The SMILES string of the molecule is C[C@H]1O[C@H](n2cnc3c(N)ncnc32)[C@H](O)[C@@H]1O. The number of nitrogens with two attached hydrogens (primary N) is 1. The molecule has 0 aromatic carbocycles. The standard InChI is InChI=1S/C10H13N5O3/c1-4-6(16)7(17)10(18-4)15-3-14-5-8(11)12-2-13-9(5)15/h2-4,6-7,10,16-17H,1H3,(H2,11,12,13)/t4-,6-,7-,10+/m1/s1. The molecule has 0 aliphatic carbocycles. The zero-order valence-electron chi connectivity index (χ0n) is 9.63. The lowest BCUT2D eigenvalue weighted by atomic mass is 10.1. The molecule has 2 aromatic heterocycles. The predicted molar refractivity (Wildman–Crippen MR) is 61.3 cm³/mol. The number of fused-ring (bicyclic) bond motifs is 1. The van der Waals surface area contributed by atoms with E-state index in [1.54, 1.807) is 11.5 Å². The van der Waals surface area contributed by atoms with E-state index in [1.807, 2.05) is 0 Å². The fraction of sp³-hybridized carbons (Fsp3) is 0.500. The van der Waals surface area contributed by atoms with Gasteiger partial charge in [0.25, 0.3) is 0 Å². The second kappa shape index (κ2) is 3.87. The van der Waals surface area contributed by atoms with Crippen LogP contribution in [0.15, 0.2) is 12.7 Å². The third-order valence-electron chi connectivity index (χ3n) is 3.14. The van der Waals surface area contributed by atoms with Gasteiger partial charge in [0.15, 0.2) is 17.7 Å². The Morgan fingerprint density at radius 1 is 1.28 bits per heavy atom. The molecule has 96 valence electrons. The maximum absolute atomic E-state index is 9.93. The summed E-state index contributed by atoms with van der Waals surface area (Å²) in [6, 6.07) is 0. The lowest BCUT2D eigenvalue weighted by molar-refractivity contribution is -0.0299. The Morgan fingerprint density at radius 2 is 2.06 bits per heavy atom. The molecular formula is C10H13N5O3. The molecular weight excluding hydrogens is 238 g/mol. The first-order valence-corrected chi connectivity index (χ1v) is 5.54. The van der Waals surface area contributed by atoms with Crippen molar-refractivity contribution in [2.75, 3.05) is 5.73 Å². The molecule has 4 atom stereocenters. The molecule has 1 aliphatic rings. The van der Waals surface area contributed by atoms with Crippen LogP contribution in [0, 0.1) is 0 Å². The van der Waals surface area contributed by atoms with Gasteiger partial charge in [-0.15, -0.1) is 0 Å². The van der Waals surface area contributed by atoms with Crippen LogP contribution in [-0.2, 0) is 4.74 Å². The third kappa shape index (κ3) is 1.47. The number of nitrogens with zero attached hydrogens (tertiary/aromatic N) is 4. The molecule has 8 nitrogen and oxygen atoms in total. The van der Waals surface area contributed by atoms with Gasteiger partial charge in [0, 0.05) is 0 Å². The minimum Gasteiger partial charge on any atom is -0.388 e. The van der Waals surface area contributed by atoms with Crippen LogP contribution < -0.4 is 5.73 Å². The Bertz CT molecular complexity index is 586. The first-order valence-electron chi connectivity index (χ1n) is 5.54. The van der Waals surface area contributed by atoms with Gasteiger partial charge in [-0.2, -0.15) is 0 Å². The average Bonchev–Trinajstić information content (AvgIpc) is 2.88. The predicted octanol–water partition coefficient (Wildman–Crippen LogP) is -0.952. The molecule has 3 rings (SSSR count). The van der Waals surface area contributed by atoms with Crippen molar-refractivity contribution in [3.8, 4) is 0 Å². The van der Waals surface area contributed by atoms with E-state index < -0.39 is 24.5 Å². The van der Waals surface area contributed by atoms with Crippen molar-refractivity contribution < 1.29 is 14.9 Å². The molecule has 0 saturated carbocycles. The van der Waals surface area contributed by atoms with Crippen LogP contribution >= 0.6 is 0 Å². The van der Waals surface area contributed by atoms with E-state index >= 15 is 0 Å². The van der Waals surface area contributed by atoms with Gasteiger partial charge in [0.2, 0.25) is 0 Å². The highest BCUT2D eigenvalue weighted by atomic mass is 16.6. The summed E-state index contributed by atoms with van der Waals surface area (Å²) in [5, 5.41) is 19.6. The fourth-order valence-corrected chi connectivity index (χ4v) is 2.11. The molecule has 3 heterocycles. The van der Waals surface area contributed by atoms with Crippen LogP contribution in [-0.4, -0.2) is 48.0 Å². The minimum absolute atomic E-state index is 0.264. The summed E-state index contributed by atoms with van der Waals surface area (Å²) in [5.74, 6) is 0.264. The van der Waals surface area contributed by atoms with Crippen molar-refractivity contribution >= 4 is 17.0 Å². The van der Waals surface area contributed by atoms with E-state index in [1.165, 1.54) is 12.7 Å². The van der Waals surface area contributed by atoms with Gasteiger partial charge in [-0.1, -0.05) is 0 Å². The van der Waals surface area contributed by atoms with Gasteiger partial charge in [-0.25, -0.2) is 15.0 Å². The number of imidazole rings is 1. The molecule has 0 radical (unpaired) electrons. The van der Waals surface area contributed by atoms with Crippen molar-refractivity contribution in [2.24, 2.45) is 0 Å². The van der Waals surface area contributed by atoms with Crippen molar-refractivity contribution in [1.29, 1.82) is 0 Å². The lowest BCUT2D eigenvalue weighted by Gasteiger charge is -2.16. The number of ether oxygens (including phenoxy) is 1. The highest BCUT2D eigenvalue weighted by Crippen LogP contribution is 2.31. The van der Waals surface area contributed by atoms with Crippen molar-refractivity contribution in [3.05, 3.63) is 12.7 Å². The maximum atomic E-state index is 9.93. The van der Waals surface area contributed by atoms with Crippen LogP contribution in [0.5, 0.6) is 0 Å². The number of rotatable bonds is 1. The molecule has 0 unspecified atom stereocenters. The molecule has 2 aromatic rings. The van der Waals surface area contributed by atoms with Gasteiger partial charge in [0.1, 0.15) is 24.1 Å². The monoisotopic (exact) mass is 251 g/mol. The van der Waals surface area contributed by atoms with Crippen molar-refractivity contribution in [3.63, 3.8) is 0 Å². The second-order valence-electron chi connectivity index (χ2n) is 4.30. The Balaban J connectivity index is 2.08. The van der Waals surface area contributed by atoms with Crippen LogP contribution in [0.2, 0.25) is 0 Å². The number of aromatic nitrogens is 4. The largest absolute Gasteiger partial charge is 0.388 e. The average molecular weight is 251 g/mol. The summed E-state index contributed by atoms with van der Waals surface area (Å²) >= 11 is 0. The number of aliphatic hydroxyl groups excluding tert-OH is 2. The Kier molecular flexibility index (Phi) is 2.44. The molecule has 1 saturated heterocycles. The van der Waals surface area contributed by atoms with E-state index in [4.69, 9.17) is 10.5 Å². The zero-order chi connectivity index (χ0) is 12.9. The number of nitrogen functional groups attached to an aromatic ring is 1. The second-order valence-corrected chi connectivity index (χ2v) is 4.30. The van der Waals surface area contributed by atoms with Crippen LogP contribution in [0.4, 0.5) is 5.82 Å². The summed E-state index contributed by atoms with van der Waals surface area (Å²) in [6.07, 6.45) is -0.373. The fourth-order valence-electron chi connectivity index (χ4n) is 2.11. The number of aliphatic hydroxyl groups is 2. The van der Waals surface area contributed by atoms with E-state index in [9.17, 15) is 10.2 Å². The normalized spacial score (nSPS) is 32.2. The summed E-state index contributed by atoms with van der Waals surface area (Å²) in [7, 11) is 0. The highest BCUT2D eigenvalue weighted by Gasteiger charge is 2.41. The summed E-state index contributed by atoms with van der Waals surface area (Å²) in [6.45, 7) is 1.69. The summed E-state index contributed by atoms with van der Waals surface area (Å²) in [4.78, 5) is 12.0. The van der Waals surface area contributed by atoms with E-state index in [-0.39, 0.29) is 5.82 Å². The van der Waals surface area contributed by atoms with Gasteiger partial charge in [-0.05, 0) is 6.92 Å². The molecule has 0 bridgehead atoms. The Labute approximate surface area is 102 Å². The van der Waals surface area contributed by atoms with Crippen molar-refractivity contribution in [2.45, 2.75) is 31.5 Å².